The second-order valence-corrected chi connectivity index (χ2v) is 7.07. The number of amides is 1. The minimum Gasteiger partial charge on any atom is -0.480 e. The van der Waals surface area contributed by atoms with Crippen LogP contribution in [0.1, 0.15) is 16.7 Å². The zero-order valence-electron chi connectivity index (χ0n) is 17.7. The van der Waals surface area contributed by atoms with E-state index in [1.807, 2.05) is 48.5 Å². The molecule has 0 spiro atoms. The summed E-state index contributed by atoms with van der Waals surface area (Å²) in [5, 5.41) is 11.8. The van der Waals surface area contributed by atoms with Crippen molar-refractivity contribution in [3.8, 4) is 5.75 Å². The van der Waals surface area contributed by atoms with Crippen LogP contribution in [0.15, 0.2) is 84.9 Å². The van der Waals surface area contributed by atoms with E-state index in [9.17, 15) is 19.5 Å². The number of rotatable bonds is 9. The molecule has 0 unspecified atom stereocenters. The van der Waals surface area contributed by atoms with E-state index in [2.05, 4.69) is 5.32 Å². The van der Waals surface area contributed by atoms with Crippen molar-refractivity contribution in [1.82, 2.24) is 5.32 Å². The van der Waals surface area contributed by atoms with Gasteiger partial charge in [-0.05, 0) is 28.8 Å². The van der Waals surface area contributed by atoms with E-state index in [0.717, 1.165) is 11.1 Å². The third kappa shape index (κ3) is 8.02. The lowest BCUT2D eigenvalue weighted by molar-refractivity contribution is -0.139. The molecule has 1 amide bonds. The highest BCUT2D eigenvalue weighted by atomic mass is 16.7. The Morgan fingerprint density at radius 1 is 0.727 bits per heavy atom. The largest absolute Gasteiger partial charge is 0.514 e. The quantitative estimate of drug-likeness (QED) is 0.370. The first-order chi connectivity index (χ1) is 16.0. The molecule has 170 valence electrons. The Hall–Kier alpha value is -4.33. The highest BCUT2D eigenvalue weighted by Gasteiger charge is 2.21. The monoisotopic (exact) mass is 449 g/mol. The van der Waals surface area contributed by atoms with Gasteiger partial charge >= 0.3 is 18.2 Å². The van der Waals surface area contributed by atoms with E-state index < -0.39 is 24.3 Å². The minimum atomic E-state index is -1.20. The number of ether oxygens (including phenoxy) is 3. The van der Waals surface area contributed by atoms with Gasteiger partial charge in [-0.1, -0.05) is 72.8 Å². The molecule has 0 fully saturated rings. The number of carboxylic acid groups (broad SMARTS) is 1. The maximum atomic E-state index is 12.0. The summed E-state index contributed by atoms with van der Waals surface area (Å²) in [6, 6.07) is 23.3. The zero-order valence-corrected chi connectivity index (χ0v) is 17.7. The fraction of sp³-hybridized carbons (Fsp3) is 0.160. The van der Waals surface area contributed by atoms with E-state index in [4.69, 9.17) is 14.2 Å². The summed E-state index contributed by atoms with van der Waals surface area (Å²) in [5.74, 6) is -0.949. The summed E-state index contributed by atoms with van der Waals surface area (Å²) in [5.41, 5.74) is 2.24. The van der Waals surface area contributed by atoms with Crippen LogP contribution in [0.3, 0.4) is 0 Å². The average molecular weight is 449 g/mol. The van der Waals surface area contributed by atoms with Gasteiger partial charge in [-0.2, -0.15) is 0 Å². The molecular weight excluding hydrogens is 426 g/mol. The smallest absolute Gasteiger partial charge is 0.480 e. The van der Waals surface area contributed by atoms with Gasteiger partial charge in [0, 0.05) is 6.42 Å². The number of alkyl carbamates (subject to hydrolysis) is 1. The number of nitrogens with one attached hydrogen (secondary N) is 1. The van der Waals surface area contributed by atoms with Gasteiger partial charge in [0.05, 0.1) is 0 Å². The van der Waals surface area contributed by atoms with Crippen LogP contribution in [-0.4, -0.2) is 29.4 Å². The second-order valence-electron chi connectivity index (χ2n) is 7.07. The Morgan fingerprint density at radius 3 is 1.82 bits per heavy atom. The predicted octanol–water partition coefficient (Wildman–Crippen LogP) is 4.32. The van der Waals surface area contributed by atoms with Crippen molar-refractivity contribution in [2.24, 2.45) is 0 Å². The molecule has 0 aliphatic carbocycles. The first-order valence-electron chi connectivity index (χ1n) is 10.2. The molecule has 8 nitrogen and oxygen atoms in total. The molecule has 3 rings (SSSR count). The van der Waals surface area contributed by atoms with E-state index >= 15 is 0 Å². The zero-order chi connectivity index (χ0) is 23.5. The number of carboxylic acids is 1. The van der Waals surface area contributed by atoms with Crippen LogP contribution >= 0.6 is 0 Å². The van der Waals surface area contributed by atoms with E-state index in [-0.39, 0.29) is 25.4 Å². The summed E-state index contributed by atoms with van der Waals surface area (Å²) in [7, 11) is 0. The molecule has 0 heterocycles. The van der Waals surface area contributed by atoms with Gasteiger partial charge in [-0.15, -0.1) is 0 Å². The summed E-state index contributed by atoms with van der Waals surface area (Å²) in [4.78, 5) is 35.4. The molecule has 1 atom stereocenters. The van der Waals surface area contributed by atoms with Crippen molar-refractivity contribution in [3.63, 3.8) is 0 Å². The lowest BCUT2D eigenvalue weighted by Crippen LogP contribution is -2.42. The van der Waals surface area contributed by atoms with Crippen LogP contribution in [0.25, 0.3) is 0 Å². The maximum absolute atomic E-state index is 12.0. The minimum absolute atomic E-state index is 0.0223. The van der Waals surface area contributed by atoms with Crippen LogP contribution < -0.4 is 10.1 Å². The Kier molecular flexibility index (Phi) is 8.41. The van der Waals surface area contributed by atoms with Crippen molar-refractivity contribution in [2.75, 3.05) is 0 Å². The van der Waals surface area contributed by atoms with Crippen LogP contribution in [-0.2, 0) is 33.9 Å². The normalized spacial score (nSPS) is 11.2. The number of carbonyl (C=O) groups is 3. The number of carbonyl (C=O) groups excluding carboxylic acids is 2. The van der Waals surface area contributed by atoms with Crippen LogP contribution in [0.2, 0.25) is 0 Å². The van der Waals surface area contributed by atoms with Crippen LogP contribution in [0, 0.1) is 0 Å². The van der Waals surface area contributed by atoms with Crippen molar-refractivity contribution in [2.45, 2.75) is 25.7 Å². The second kappa shape index (κ2) is 11.9. The van der Waals surface area contributed by atoms with E-state index in [0.29, 0.717) is 5.56 Å². The van der Waals surface area contributed by atoms with Crippen LogP contribution in [0.5, 0.6) is 5.75 Å². The fourth-order valence-electron chi connectivity index (χ4n) is 2.88. The first kappa shape index (κ1) is 23.3. The highest BCUT2D eigenvalue weighted by molar-refractivity contribution is 5.80. The van der Waals surface area contributed by atoms with Crippen molar-refractivity contribution in [3.05, 3.63) is 102 Å². The summed E-state index contributed by atoms with van der Waals surface area (Å²) < 4.78 is 15.3. The standard InChI is InChI=1S/C25H23NO7/c27-23(28)22(26-24(29)31-16-19-7-3-1-4-8-19)15-18-11-13-21(14-12-18)33-25(30)32-17-20-9-5-2-6-10-20/h1-14,22H,15-17H2,(H,26,29)(H,27,28)/t22-/m0/s1. The Morgan fingerprint density at radius 2 is 1.27 bits per heavy atom. The molecule has 33 heavy (non-hydrogen) atoms. The molecule has 0 aliphatic rings. The average Bonchev–Trinajstić information content (AvgIpc) is 2.83. The topological polar surface area (TPSA) is 111 Å². The summed E-state index contributed by atoms with van der Waals surface area (Å²) in [6.45, 7) is 0.121. The predicted molar refractivity (Wildman–Crippen MR) is 119 cm³/mol. The lowest BCUT2D eigenvalue weighted by atomic mass is 10.1. The van der Waals surface area contributed by atoms with E-state index in [1.54, 1.807) is 24.3 Å². The lowest BCUT2D eigenvalue weighted by Gasteiger charge is -2.15. The fourth-order valence-corrected chi connectivity index (χ4v) is 2.88. The highest BCUT2D eigenvalue weighted by Crippen LogP contribution is 2.15. The number of hydrogen-bond donors (Lipinski definition) is 2. The van der Waals surface area contributed by atoms with Crippen LogP contribution in [0.4, 0.5) is 9.59 Å². The molecule has 0 aromatic heterocycles. The molecule has 0 radical (unpaired) electrons. The van der Waals surface area contributed by atoms with Gasteiger partial charge in [0.25, 0.3) is 0 Å². The third-order valence-electron chi connectivity index (χ3n) is 4.57. The number of benzene rings is 3. The molecular formula is C25H23NO7. The summed E-state index contributed by atoms with van der Waals surface area (Å²) >= 11 is 0. The Labute approximate surface area is 190 Å². The van der Waals surface area contributed by atoms with Gasteiger partial charge in [-0.3, -0.25) is 0 Å². The van der Waals surface area contributed by atoms with Crippen molar-refractivity contribution in [1.29, 1.82) is 0 Å². The molecule has 0 aliphatic heterocycles. The molecule has 0 saturated heterocycles. The molecule has 3 aromatic rings. The Balaban J connectivity index is 1.47. The molecule has 3 aromatic carbocycles. The van der Waals surface area contributed by atoms with Gasteiger partial charge in [-0.25, -0.2) is 14.4 Å². The Bertz CT molecular complexity index is 1050. The third-order valence-corrected chi connectivity index (χ3v) is 4.57. The van der Waals surface area contributed by atoms with Gasteiger partial charge in [0.15, 0.2) is 0 Å². The SMILES string of the molecule is O=C(N[C@@H](Cc1ccc(OC(=O)OCc2ccccc2)cc1)C(=O)O)OCc1ccccc1. The molecule has 0 saturated carbocycles. The van der Waals surface area contributed by atoms with E-state index in [1.165, 1.54) is 12.1 Å². The molecule has 0 bridgehead atoms. The first-order valence-corrected chi connectivity index (χ1v) is 10.2. The molecule has 2 N–H and O–H groups in total. The van der Waals surface area contributed by atoms with Gasteiger partial charge in [0.1, 0.15) is 25.0 Å². The van der Waals surface area contributed by atoms with Gasteiger partial charge < -0.3 is 24.6 Å². The maximum Gasteiger partial charge on any atom is 0.514 e. The molecule has 8 heteroatoms. The summed E-state index contributed by atoms with van der Waals surface area (Å²) in [6.07, 6.45) is -1.65. The number of aliphatic carboxylic acids is 1. The number of hydrogen-bond acceptors (Lipinski definition) is 6. The van der Waals surface area contributed by atoms with Gasteiger partial charge in [0.2, 0.25) is 0 Å². The van der Waals surface area contributed by atoms with Crippen molar-refractivity contribution < 1.29 is 33.7 Å². The van der Waals surface area contributed by atoms with Crippen molar-refractivity contribution >= 4 is 18.2 Å².